The average molecular weight is 465 g/mol. The van der Waals surface area contributed by atoms with E-state index >= 15 is 0 Å². The van der Waals surface area contributed by atoms with Crippen LogP contribution in [0, 0.1) is 0 Å². The maximum atomic E-state index is 12.4. The van der Waals surface area contributed by atoms with Gasteiger partial charge in [0.15, 0.2) is 5.75 Å². The molecule has 0 atom stereocenters. The summed E-state index contributed by atoms with van der Waals surface area (Å²) in [5.41, 5.74) is 0. The van der Waals surface area contributed by atoms with Crippen molar-refractivity contribution in [1.82, 2.24) is 10.2 Å². The van der Waals surface area contributed by atoms with Crippen LogP contribution in [0.2, 0.25) is 0 Å². The lowest BCUT2D eigenvalue weighted by Gasteiger charge is -2.14. The Morgan fingerprint density at radius 1 is 1.27 bits per heavy atom. The van der Waals surface area contributed by atoms with Crippen molar-refractivity contribution in [2.24, 2.45) is 0 Å². The highest BCUT2D eigenvalue weighted by molar-refractivity contribution is 9.10. The highest BCUT2D eigenvalue weighted by Crippen LogP contribution is 2.33. The predicted molar refractivity (Wildman–Crippen MR) is 77.9 cm³/mol. The molecular weight excluding hydrogens is 459 g/mol. The van der Waals surface area contributed by atoms with Crippen LogP contribution in [0.4, 0.5) is 19.0 Å². The molecule has 1 aromatic carbocycles. The topological polar surface area (TPSA) is 84.1 Å². The molecule has 0 aliphatic carbocycles. The van der Waals surface area contributed by atoms with Crippen LogP contribution >= 0.6 is 31.9 Å². The molecule has 12 heteroatoms. The van der Waals surface area contributed by atoms with Gasteiger partial charge in [-0.2, -0.15) is 5.10 Å². The summed E-state index contributed by atoms with van der Waals surface area (Å²) in [5.74, 6) is -0.883. The summed E-state index contributed by atoms with van der Waals surface area (Å²) in [4.78, 5) is -0.672. The van der Waals surface area contributed by atoms with Crippen molar-refractivity contribution < 1.29 is 26.3 Å². The predicted octanol–water partition coefficient (Wildman–Crippen LogP) is 3.63. The van der Waals surface area contributed by atoms with Crippen LogP contribution in [0.15, 0.2) is 38.2 Å². The first-order valence-electron chi connectivity index (χ1n) is 5.35. The van der Waals surface area contributed by atoms with Gasteiger partial charge < -0.3 is 4.74 Å². The molecule has 120 valence electrons. The van der Waals surface area contributed by atoms with Gasteiger partial charge in [0.1, 0.15) is 10.7 Å². The van der Waals surface area contributed by atoms with E-state index in [1.807, 2.05) is 0 Å². The smallest absolute Gasteiger partial charge is 0.404 e. The van der Waals surface area contributed by atoms with E-state index in [2.05, 4.69) is 51.5 Å². The standard InChI is InChI=1S/C10H6Br2F3N3O3S/c11-5-1-2-8(7(3-5)21-10(13,14)15)22(19,20)18-9-6(12)4-16-17-9/h1-4H,(H2,16,17,18). The summed E-state index contributed by atoms with van der Waals surface area (Å²) < 4.78 is 68.0. The number of benzene rings is 1. The van der Waals surface area contributed by atoms with Crippen molar-refractivity contribution >= 4 is 47.7 Å². The molecule has 2 rings (SSSR count). The van der Waals surface area contributed by atoms with Crippen molar-refractivity contribution in [3.63, 3.8) is 0 Å². The second-order valence-corrected chi connectivity index (χ2v) is 7.26. The van der Waals surface area contributed by atoms with Gasteiger partial charge in [0.05, 0.1) is 10.7 Å². The zero-order chi connectivity index (χ0) is 16.5. The van der Waals surface area contributed by atoms with Gasteiger partial charge in [0.2, 0.25) is 0 Å². The third-order valence-electron chi connectivity index (χ3n) is 2.25. The second kappa shape index (κ2) is 6.08. The molecule has 0 aliphatic rings. The van der Waals surface area contributed by atoms with E-state index in [4.69, 9.17) is 0 Å². The second-order valence-electron chi connectivity index (χ2n) is 3.84. The number of hydrogen-bond acceptors (Lipinski definition) is 4. The third kappa shape index (κ3) is 4.14. The fourth-order valence-corrected chi connectivity index (χ4v) is 3.35. The Labute approximate surface area is 139 Å². The highest BCUT2D eigenvalue weighted by Gasteiger charge is 2.34. The van der Waals surface area contributed by atoms with E-state index < -0.39 is 27.0 Å². The molecule has 1 heterocycles. The summed E-state index contributed by atoms with van der Waals surface area (Å²) in [6, 6.07) is 3.17. The first kappa shape index (κ1) is 17.1. The minimum atomic E-state index is -5.03. The maximum Gasteiger partial charge on any atom is 0.573 e. The summed E-state index contributed by atoms with van der Waals surface area (Å²) in [7, 11) is -4.32. The number of nitrogens with zero attached hydrogens (tertiary/aromatic N) is 1. The molecule has 1 aromatic heterocycles. The molecule has 22 heavy (non-hydrogen) atoms. The van der Waals surface area contributed by atoms with E-state index in [0.717, 1.165) is 12.1 Å². The number of alkyl halides is 3. The highest BCUT2D eigenvalue weighted by atomic mass is 79.9. The van der Waals surface area contributed by atoms with Gasteiger partial charge in [-0.3, -0.25) is 9.82 Å². The van der Waals surface area contributed by atoms with Crippen molar-refractivity contribution in [2.45, 2.75) is 11.3 Å². The largest absolute Gasteiger partial charge is 0.573 e. The number of nitrogens with one attached hydrogen (secondary N) is 2. The Morgan fingerprint density at radius 3 is 2.50 bits per heavy atom. The summed E-state index contributed by atoms with van der Waals surface area (Å²) in [6.45, 7) is 0. The Bertz CT molecular complexity index is 792. The van der Waals surface area contributed by atoms with Gasteiger partial charge in [-0.15, -0.1) is 13.2 Å². The van der Waals surface area contributed by atoms with Crippen LogP contribution in [0.3, 0.4) is 0 Å². The Hall–Kier alpha value is -1.27. The van der Waals surface area contributed by atoms with Crippen LogP contribution in [0.1, 0.15) is 0 Å². The third-order valence-corrected chi connectivity index (χ3v) is 4.73. The van der Waals surface area contributed by atoms with E-state index in [1.165, 1.54) is 12.3 Å². The first-order chi connectivity index (χ1) is 10.1. The lowest BCUT2D eigenvalue weighted by molar-refractivity contribution is -0.275. The molecule has 0 spiro atoms. The number of sulfonamides is 1. The SMILES string of the molecule is O=S(=O)(Nc1[nH]ncc1Br)c1ccc(Br)cc1OC(F)(F)F. The molecule has 0 saturated carbocycles. The van der Waals surface area contributed by atoms with E-state index in [-0.39, 0.29) is 10.3 Å². The number of rotatable bonds is 4. The zero-order valence-electron chi connectivity index (χ0n) is 10.3. The summed E-state index contributed by atoms with van der Waals surface area (Å²) in [5, 5.41) is 5.93. The van der Waals surface area contributed by atoms with Crippen LogP contribution in [0.25, 0.3) is 0 Å². The number of aromatic nitrogens is 2. The molecule has 2 N–H and O–H groups in total. The maximum absolute atomic E-state index is 12.4. The quantitative estimate of drug-likeness (QED) is 0.723. The summed E-state index contributed by atoms with van der Waals surface area (Å²) in [6.07, 6.45) is -3.74. The molecule has 0 amide bonds. The summed E-state index contributed by atoms with van der Waals surface area (Å²) >= 11 is 5.99. The molecule has 0 bridgehead atoms. The number of anilines is 1. The Balaban J connectivity index is 2.44. The number of halogens is 5. The van der Waals surface area contributed by atoms with E-state index in [0.29, 0.717) is 4.47 Å². The molecule has 0 aliphatic heterocycles. The van der Waals surface area contributed by atoms with Crippen molar-refractivity contribution in [2.75, 3.05) is 4.72 Å². The van der Waals surface area contributed by atoms with Crippen LogP contribution in [-0.2, 0) is 10.0 Å². The number of aromatic amines is 1. The first-order valence-corrected chi connectivity index (χ1v) is 8.42. The normalized spacial score (nSPS) is 12.2. The van der Waals surface area contributed by atoms with Gasteiger partial charge in [-0.25, -0.2) is 8.42 Å². The Morgan fingerprint density at radius 2 is 1.95 bits per heavy atom. The fourth-order valence-electron chi connectivity index (χ4n) is 1.44. The molecule has 0 unspecified atom stereocenters. The fraction of sp³-hybridized carbons (Fsp3) is 0.100. The van der Waals surface area contributed by atoms with E-state index in [1.54, 1.807) is 0 Å². The molecule has 0 saturated heterocycles. The average Bonchev–Trinajstić information content (AvgIpc) is 2.71. The van der Waals surface area contributed by atoms with Crippen molar-refractivity contribution in [1.29, 1.82) is 0 Å². The van der Waals surface area contributed by atoms with Gasteiger partial charge in [-0.1, -0.05) is 15.9 Å². The number of H-pyrrole nitrogens is 1. The van der Waals surface area contributed by atoms with E-state index in [9.17, 15) is 21.6 Å². The van der Waals surface area contributed by atoms with Crippen LogP contribution in [0.5, 0.6) is 5.75 Å². The van der Waals surface area contributed by atoms with Crippen LogP contribution < -0.4 is 9.46 Å². The molecular formula is C10H6Br2F3N3O3S. The minimum absolute atomic E-state index is 0.0270. The van der Waals surface area contributed by atoms with Crippen molar-refractivity contribution in [3.05, 3.63) is 33.3 Å². The lowest BCUT2D eigenvalue weighted by Crippen LogP contribution is -2.21. The van der Waals surface area contributed by atoms with Gasteiger partial charge in [-0.05, 0) is 34.1 Å². The molecule has 2 aromatic rings. The monoisotopic (exact) mass is 463 g/mol. The van der Waals surface area contributed by atoms with Crippen LogP contribution in [-0.4, -0.2) is 25.0 Å². The number of ether oxygens (including phenoxy) is 1. The number of hydrogen-bond donors (Lipinski definition) is 2. The Kier molecular flexibility index (Phi) is 4.73. The molecule has 0 fully saturated rings. The molecule has 6 nitrogen and oxygen atoms in total. The minimum Gasteiger partial charge on any atom is -0.404 e. The zero-order valence-corrected chi connectivity index (χ0v) is 14.3. The van der Waals surface area contributed by atoms with Gasteiger partial charge in [0.25, 0.3) is 10.0 Å². The van der Waals surface area contributed by atoms with Gasteiger partial charge >= 0.3 is 6.36 Å². The van der Waals surface area contributed by atoms with Gasteiger partial charge in [0, 0.05) is 4.47 Å². The molecule has 0 radical (unpaired) electrons. The lowest BCUT2D eigenvalue weighted by atomic mass is 10.3. The van der Waals surface area contributed by atoms with Crippen molar-refractivity contribution in [3.8, 4) is 5.75 Å².